The van der Waals surface area contributed by atoms with Crippen LogP contribution in [0.25, 0.3) is 0 Å². The molecule has 1 saturated carbocycles. The number of aliphatic hydroxyl groups is 1. The number of carboxylic acid groups (broad SMARTS) is 1. The smallest absolute Gasteiger partial charge is 0.320 e. The van der Waals surface area contributed by atoms with Gasteiger partial charge in [-0.25, -0.2) is 4.79 Å². The topological polar surface area (TPSA) is 81.1 Å². The van der Waals surface area contributed by atoms with Crippen molar-refractivity contribution in [3.05, 3.63) is 0 Å². The highest BCUT2D eigenvalue weighted by Gasteiger charge is 2.39. The maximum atomic E-state index is 12.6. The van der Waals surface area contributed by atoms with E-state index in [2.05, 4.69) is 0 Å². The summed E-state index contributed by atoms with van der Waals surface area (Å²) in [5.74, 6) is -1.32. The molecular formula is C14H24N2O4. The number of likely N-dealkylation sites (tertiary alicyclic amines) is 1. The van der Waals surface area contributed by atoms with E-state index in [1.54, 1.807) is 9.80 Å². The standard InChI is InChI=1S/C14H24N2O4/c1-10-8-15(9-12(10)13(18)19)14(20)16(6-7-17)11-4-2-3-5-11/h10-12,17H,2-9H2,1H3,(H,18,19)/t10-,12-/m1/s1. The molecule has 0 bridgehead atoms. The lowest BCUT2D eigenvalue weighted by atomic mass is 9.99. The third-order valence-corrected chi connectivity index (χ3v) is 4.55. The summed E-state index contributed by atoms with van der Waals surface area (Å²) in [7, 11) is 0. The van der Waals surface area contributed by atoms with E-state index in [9.17, 15) is 14.7 Å². The van der Waals surface area contributed by atoms with Crippen LogP contribution in [-0.4, -0.2) is 64.3 Å². The molecule has 2 atom stereocenters. The number of amides is 2. The number of aliphatic hydroxyl groups excluding tert-OH is 1. The lowest BCUT2D eigenvalue weighted by Gasteiger charge is -2.32. The number of urea groups is 1. The van der Waals surface area contributed by atoms with Gasteiger partial charge in [0.2, 0.25) is 0 Å². The second-order valence-corrected chi connectivity index (χ2v) is 5.96. The number of carbonyl (C=O) groups excluding carboxylic acids is 1. The molecule has 6 heteroatoms. The lowest BCUT2D eigenvalue weighted by molar-refractivity contribution is -0.142. The van der Waals surface area contributed by atoms with Gasteiger partial charge in [-0.1, -0.05) is 19.8 Å². The molecule has 1 aliphatic heterocycles. The largest absolute Gasteiger partial charge is 0.481 e. The average molecular weight is 284 g/mol. The molecule has 2 amide bonds. The number of rotatable bonds is 4. The molecule has 2 aliphatic rings. The summed E-state index contributed by atoms with van der Waals surface area (Å²) in [5, 5.41) is 18.3. The minimum absolute atomic E-state index is 0.0176. The lowest BCUT2D eigenvalue weighted by Crippen LogP contribution is -2.48. The van der Waals surface area contributed by atoms with Crippen LogP contribution in [0, 0.1) is 11.8 Å². The van der Waals surface area contributed by atoms with E-state index in [4.69, 9.17) is 5.11 Å². The number of nitrogens with zero attached hydrogens (tertiary/aromatic N) is 2. The number of aliphatic carboxylic acids is 1. The predicted octanol–water partition coefficient (Wildman–Crippen LogP) is 0.996. The Bertz CT molecular complexity index is 368. The Morgan fingerprint density at radius 1 is 1.25 bits per heavy atom. The molecule has 1 heterocycles. The fourth-order valence-corrected chi connectivity index (χ4v) is 3.38. The van der Waals surface area contributed by atoms with Crippen molar-refractivity contribution in [2.45, 2.75) is 38.6 Å². The summed E-state index contributed by atoms with van der Waals surface area (Å²) in [6, 6.07) is 0.0929. The molecular weight excluding hydrogens is 260 g/mol. The van der Waals surface area contributed by atoms with Gasteiger partial charge in [0.25, 0.3) is 0 Å². The maximum absolute atomic E-state index is 12.6. The van der Waals surface area contributed by atoms with E-state index in [1.807, 2.05) is 6.92 Å². The first-order valence-electron chi connectivity index (χ1n) is 7.43. The third kappa shape index (κ3) is 3.06. The zero-order valence-electron chi connectivity index (χ0n) is 12.0. The zero-order chi connectivity index (χ0) is 14.7. The SMILES string of the molecule is C[C@@H]1CN(C(=O)N(CCO)C2CCCC2)C[C@H]1C(=O)O. The van der Waals surface area contributed by atoms with Crippen molar-refractivity contribution in [3.63, 3.8) is 0 Å². The monoisotopic (exact) mass is 284 g/mol. The van der Waals surface area contributed by atoms with E-state index in [-0.39, 0.29) is 31.1 Å². The van der Waals surface area contributed by atoms with Crippen LogP contribution in [0.3, 0.4) is 0 Å². The minimum atomic E-state index is -0.831. The highest BCUT2D eigenvalue weighted by Crippen LogP contribution is 2.28. The average Bonchev–Trinajstić information content (AvgIpc) is 3.04. The summed E-state index contributed by atoms with van der Waals surface area (Å²) in [6.07, 6.45) is 4.21. The number of hydrogen-bond acceptors (Lipinski definition) is 3. The van der Waals surface area contributed by atoms with Crippen molar-refractivity contribution in [2.75, 3.05) is 26.2 Å². The Hall–Kier alpha value is -1.30. The van der Waals surface area contributed by atoms with Crippen LogP contribution in [0.2, 0.25) is 0 Å². The van der Waals surface area contributed by atoms with E-state index < -0.39 is 11.9 Å². The fourth-order valence-electron chi connectivity index (χ4n) is 3.38. The van der Waals surface area contributed by atoms with Gasteiger partial charge in [-0.3, -0.25) is 4.79 Å². The molecule has 0 aromatic rings. The highest BCUT2D eigenvalue weighted by atomic mass is 16.4. The molecule has 1 saturated heterocycles. The Balaban J connectivity index is 2.02. The van der Waals surface area contributed by atoms with Crippen molar-refractivity contribution in [3.8, 4) is 0 Å². The quantitative estimate of drug-likeness (QED) is 0.807. The molecule has 2 N–H and O–H groups in total. The first kappa shape index (κ1) is 15.1. The Labute approximate surface area is 119 Å². The Kier molecular flexibility index (Phi) is 4.86. The van der Waals surface area contributed by atoms with Crippen molar-refractivity contribution >= 4 is 12.0 Å². The molecule has 0 unspecified atom stereocenters. The van der Waals surface area contributed by atoms with Gasteiger partial charge in [-0.15, -0.1) is 0 Å². The van der Waals surface area contributed by atoms with Gasteiger partial charge >= 0.3 is 12.0 Å². The number of carboxylic acids is 1. The second kappa shape index (κ2) is 6.43. The Morgan fingerprint density at radius 2 is 1.90 bits per heavy atom. The minimum Gasteiger partial charge on any atom is -0.481 e. The summed E-state index contributed by atoms with van der Waals surface area (Å²) in [4.78, 5) is 27.1. The maximum Gasteiger partial charge on any atom is 0.320 e. The summed E-state index contributed by atoms with van der Waals surface area (Å²) in [6.45, 7) is 2.94. The summed E-state index contributed by atoms with van der Waals surface area (Å²) < 4.78 is 0. The van der Waals surface area contributed by atoms with Gasteiger partial charge < -0.3 is 20.0 Å². The number of hydrogen-bond donors (Lipinski definition) is 2. The van der Waals surface area contributed by atoms with E-state index in [0.29, 0.717) is 13.1 Å². The molecule has 2 fully saturated rings. The van der Waals surface area contributed by atoms with Gasteiger partial charge in [0.15, 0.2) is 0 Å². The molecule has 2 rings (SSSR count). The predicted molar refractivity (Wildman–Crippen MR) is 73.3 cm³/mol. The second-order valence-electron chi connectivity index (χ2n) is 5.96. The van der Waals surface area contributed by atoms with Crippen LogP contribution in [0.15, 0.2) is 0 Å². The molecule has 0 spiro atoms. The van der Waals surface area contributed by atoms with Gasteiger partial charge in [0, 0.05) is 25.7 Å². The molecule has 0 radical (unpaired) electrons. The van der Waals surface area contributed by atoms with Crippen LogP contribution in [0.4, 0.5) is 4.79 Å². The summed E-state index contributed by atoms with van der Waals surface area (Å²) >= 11 is 0. The molecule has 6 nitrogen and oxygen atoms in total. The van der Waals surface area contributed by atoms with Crippen molar-refractivity contribution < 1.29 is 19.8 Å². The van der Waals surface area contributed by atoms with Gasteiger partial charge in [-0.05, 0) is 18.8 Å². The molecule has 0 aromatic carbocycles. The van der Waals surface area contributed by atoms with Crippen LogP contribution in [0.5, 0.6) is 0 Å². The van der Waals surface area contributed by atoms with Crippen LogP contribution >= 0.6 is 0 Å². The molecule has 0 aromatic heterocycles. The fraction of sp³-hybridized carbons (Fsp3) is 0.857. The van der Waals surface area contributed by atoms with Crippen molar-refractivity contribution in [2.24, 2.45) is 11.8 Å². The van der Waals surface area contributed by atoms with Gasteiger partial charge in [0.1, 0.15) is 0 Å². The van der Waals surface area contributed by atoms with Crippen LogP contribution < -0.4 is 0 Å². The third-order valence-electron chi connectivity index (χ3n) is 4.55. The van der Waals surface area contributed by atoms with E-state index >= 15 is 0 Å². The molecule has 20 heavy (non-hydrogen) atoms. The zero-order valence-corrected chi connectivity index (χ0v) is 12.0. The van der Waals surface area contributed by atoms with Gasteiger partial charge in [0.05, 0.1) is 12.5 Å². The van der Waals surface area contributed by atoms with Crippen molar-refractivity contribution in [1.82, 2.24) is 9.80 Å². The highest BCUT2D eigenvalue weighted by molar-refractivity contribution is 5.78. The first-order valence-corrected chi connectivity index (χ1v) is 7.43. The normalized spacial score (nSPS) is 27.0. The van der Waals surface area contributed by atoms with E-state index in [0.717, 1.165) is 25.7 Å². The number of carbonyl (C=O) groups is 2. The molecule has 114 valence electrons. The first-order chi connectivity index (χ1) is 9.54. The Morgan fingerprint density at radius 3 is 2.40 bits per heavy atom. The van der Waals surface area contributed by atoms with Crippen LogP contribution in [-0.2, 0) is 4.79 Å². The van der Waals surface area contributed by atoms with Crippen molar-refractivity contribution in [1.29, 1.82) is 0 Å². The molecule has 1 aliphatic carbocycles. The van der Waals surface area contributed by atoms with Crippen LogP contribution in [0.1, 0.15) is 32.6 Å². The van der Waals surface area contributed by atoms with Gasteiger partial charge in [-0.2, -0.15) is 0 Å². The van der Waals surface area contributed by atoms with E-state index in [1.165, 1.54) is 0 Å². The summed E-state index contributed by atoms with van der Waals surface area (Å²) in [5.41, 5.74) is 0.